The van der Waals surface area contributed by atoms with Gasteiger partial charge in [-0.15, -0.1) is 0 Å². The Bertz CT molecular complexity index is 1310. The first kappa shape index (κ1) is 23.6. The third-order valence-corrected chi connectivity index (χ3v) is 4.83. The Kier molecular flexibility index (Phi) is 6.32. The topological polar surface area (TPSA) is 90.9 Å². The molecule has 0 saturated heterocycles. The third-order valence-electron chi connectivity index (χ3n) is 4.83. The second-order valence-corrected chi connectivity index (χ2v) is 7.75. The summed E-state index contributed by atoms with van der Waals surface area (Å²) in [7, 11) is 0. The predicted molar refractivity (Wildman–Crippen MR) is 113 cm³/mol. The molecule has 2 aromatic heterocycles. The minimum Gasteiger partial charge on any atom is -0.478 e. The molecule has 0 spiro atoms. The Balaban J connectivity index is 1.89. The number of halogens is 4. The summed E-state index contributed by atoms with van der Waals surface area (Å²) in [6.45, 7) is 2.07. The highest BCUT2D eigenvalue weighted by molar-refractivity contribution is 6.03. The maximum Gasteiger partial charge on any atom is 0.406 e. The summed E-state index contributed by atoms with van der Waals surface area (Å²) in [5.74, 6) is 2.87. The number of carboxylic acids is 1. The number of aromatic nitrogens is 2. The molecule has 3 aromatic rings. The van der Waals surface area contributed by atoms with Crippen LogP contribution in [0, 0.1) is 29.0 Å². The number of fused-ring (bicyclic) bond motifs is 1. The standard InChI is InChI=1S/C23H18F4N4O2/c1-22(2,12-28)20-6-5-15(11-30-20)29-7-3-4-16-10-17-18(21(32)33)8-14(24)9-19(17)31(16)13-23(25,26)27/h5-6,8-11,29H,7,13H2,1-2H3,(H,32,33). The highest BCUT2D eigenvalue weighted by Crippen LogP contribution is 2.28. The monoisotopic (exact) mass is 458 g/mol. The van der Waals surface area contributed by atoms with Crippen molar-refractivity contribution >= 4 is 22.6 Å². The molecule has 0 saturated carbocycles. The molecule has 2 N–H and O–H groups in total. The van der Waals surface area contributed by atoms with Gasteiger partial charge in [0.15, 0.2) is 0 Å². The van der Waals surface area contributed by atoms with Crippen LogP contribution in [0.3, 0.4) is 0 Å². The van der Waals surface area contributed by atoms with Crippen LogP contribution in [0.25, 0.3) is 10.9 Å². The Morgan fingerprint density at radius 1 is 1.24 bits per heavy atom. The average molecular weight is 458 g/mol. The van der Waals surface area contributed by atoms with Crippen LogP contribution in [0.5, 0.6) is 0 Å². The molecule has 0 fully saturated rings. The Labute approximate surface area is 186 Å². The van der Waals surface area contributed by atoms with E-state index in [1.54, 1.807) is 26.0 Å². The molecule has 0 atom stereocenters. The van der Waals surface area contributed by atoms with Gasteiger partial charge in [0.25, 0.3) is 0 Å². The van der Waals surface area contributed by atoms with Gasteiger partial charge in [0, 0.05) is 5.39 Å². The summed E-state index contributed by atoms with van der Waals surface area (Å²) in [6, 6.07) is 8.34. The smallest absolute Gasteiger partial charge is 0.406 e. The van der Waals surface area contributed by atoms with Gasteiger partial charge in [-0.25, -0.2) is 9.18 Å². The lowest BCUT2D eigenvalue weighted by molar-refractivity contribution is -0.140. The zero-order valence-electron chi connectivity index (χ0n) is 17.6. The van der Waals surface area contributed by atoms with Crippen LogP contribution in [0.15, 0.2) is 36.5 Å². The van der Waals surface area contributed by atoms with E-state index in [4.69, 9.17) is 5.26 Å². The molecular formula is C23H18F4N4O2. The number of anilines is 1. The summed E-state index contributed by atoms with van der Waals surface area (Å²) < 4.78 is 54.0. The van der Waals surface area contributed by atoms with Gasteiger partial charge in [-0.2, -0.15) is 18.4 Å². The van der Waals surface area contributed by atoms with E-state index in [0.717, 1.165) is 16.7 Å². The minimum atomic E-state index is -4.62. The molecule has 0 aliphatic rings. The first-order valence-corrected chi connectivity index (χ1v) is 9.64. The number of hydrogen-bond acceptors (Lipinski definition) is 4. The molecular weight excluding hydrogens is 440 g/mol. The van der Waals surface area contributed by atoms with Crippen molar-refractivity contribution in [3.63, 3.8) is 0 Å². The lowest BCUT2D eigenvalue weighted by Gasteiger charge is -2.14. The number of nitrogens with one attached hydrogen (secondary N) is 1. The second-order valence-electron chi connectivity index (χ2n) is 7.75. The fraction of sp³-hybridized carbons (Fsp3) is 0.261. The number of benzene rings is 1. The maximum atomic E-state index is 13.9. The van der Waals surface area contributed by atoms with Crippen LogP contribution in [0.1, 0.15) is 35.6 Å². The third kappa shape index (κ3) is 5.42. The van der Waals surface area contributed by atoms with Gasteiger partial charge in [0.1, 0.15) is 12.4 Å². The Morgan fingerprint density at radius 3 is 2.55 bits per heavy atom. The fourth-order valence-electron chi connectivity index (χ4n) is 3.16. The molecule has 170 valence electrons. The van der Waals surface area contributed by atoms with Crippen LogP contribution in [0.4, 0.5) is 23.2 Å². The van der Waals surface area contributed by atoms with E-state index in [9.17, 15) is 27.5 Å². The van der Waals surface area contributed by atoms with E-state index >= 15 is 0 Å². The summed E-state index contributed by atoms with van der Waals surface area (Å²) in [5, 5.41) is 21.4. The fourth-order valence-corrected chi connectivity index (χ4v) is 3.16. The first-order valence-electron chi connectivity index (χ1n) is 9.64. The lowest BCUT2D eigenvalue weighted by atomic mass is 9.91. The van der Waals surface area contributed by atoms with Crippen molar-refractivity contribution in [3.05, 3.63) is 59.3 Å². The van der Waals surface area contributed by atoms with E-state index < -0.39 is 35.5 Å². The number of rotatable bonds is 5. The average Bonchev–Trinajstić information content (AvgIpc) is 3.06. The zero-order chi connectivity index (χ0) is 24.4. The number of nitriles is 1. The summed E-state index contributed by atoms with van der Waals surface area (Å²) >= 11 is 0. The number of alkyl halides is 3. The van der Waals surface area contributed by atoms with Crippen LogP contribution in [0.2, 0.25) is 0 Å². The van der Waals surface area contributed by atoms with Crippen LogP contribution in [-0.4, -0.2) is 33.3 Å². The molecule has 3 rings (SSSR count). The van der Waals surface area contributed by atoms with Gasteiger partial charge in [0.05, 0.1) is 52.4 Å². The minimum absolute atomic E-state index is 0.0368. The highest BCUT2D eigenvalue weighted by atomic mass is 19.4. The molecule has 0 radical (unpaired) electrons. The summed E-state index contributed by atoms with van der Waals surface area (Å²) in [4.78, 5) is 15.6. The first-order chi connectivity index (χ1) is 15.4. The Morgan fingerprint density at radius 2 is 1.97 bits per heavy atom. The SMILES string of the molecule is CC(C)(C#N)c1ccc(NCC#Cc2cc3c(C(=O)O)cc(F)cc3n2CC(F)(F)F)cn1. The molecule has 10 heteroatoms. The van der Waals surface area contributed by atoms with E-state index in [1.165, 1.54) is 12.3 Å². The van der Waals surface area contributed by atoms with E-state index in [1.807, 2.05) is 0 Å². The van der Waals surface area contributed by atoms with Crippen LogP contribution >= 0.6 is 0 Å². The van der Waals surface area contributed by atoms with Gasteiger partial charge in [0.2, 0.25) is 0 Å². The van der Waals surface area contributed by atoms with E-state index in [-0.39, 0.29) is 23.1 Å². The second kappa shape index (κ2) is 8.83. The molecule has 0 bridgehead atoms. The highest BCUT2D eigenvalue weighted by Gasteiger charge is 2.30. The van der Waals surface area contributed by atoms with Crippen molar-refractivity contribution in [2.45, 2.75) is 32.0 Å². The van der Waals surface area contributed by atoms with Crippen LogP contribution in [-0.2, 0) is 12.0 Å². The normalized spacial score (nSPS) is 11.5. The van der Waals surface area contributed by atoms with E-state index in [2.05, 4.69) is 28.2 Å². The lowest BCUT2D eigenvalue weighted by Crippen LogP contribution is -2.18. The van der Waals surface area contributed by atoms with Crippen molar-refractivity contribution in [1.82, 2.24) is 9.55 Å². The van der Waals surface area contributed by atoms with Crippen molar-refractivity contribution in [1.29, 1.82) is 5.26 Å². The van der Waals surface area contributed by atoms with Crippen molar-refractivity contribution in [2.24, 2.45) is 0 Å². The number of hydrogen-bond donors (Lipinski definition) is 2. The van der Waals surface area contributed by atoms with Gasteiger partial charge in [-0.05, 0) is 50.1 Å². The zero-order valence-corrected chi connectivity index (χ0v) is 17.6. The number of pyridine rings is 1. The van der Waals surface area contributed by atoms with Gasteiger partial charge >= 0.3 is 12.1 Å². The maximum absolute atomic E-state index is 13.9. The molecule has 1 aromatic carbocycles. The number of carbonyl (C=O) groups is 1. The molecule has 0 aliphatic heterocycles. The van der Waals surface area contributed by atoms with Crippen LogP contribution < -0.4 is 5.32 Å². The van der Waals surface area contributed by atoms with Crippen molar-refractivity contribution < 1.29 is 27.5 Å². The number of nitrogens with zero attached hydrogens (tertiary/aromatic N) is 3. The molecule has 0 unspecified atom stereocenters. The van der Waals surface area contributed by atoms with Crippen molar-refractivity contribution in [2.75, 3.05) is 11.9 Å². The molecule has 6 nitrogen and oxygen atoms in total. The quantitative estimate of drug-likeness (QED) is 0.427. The molecule has 33 heavy (non-hydrogen) atoms. The van der Waals surface area contributed by atoms with Gasteiger partial charge < -0.3 is 15.0 Å². The molecule has 0 amide bonds. The van der Waals surface area contributed by atoms with Gasteiger partial charge in [-0.3, -0.25) is 4.98 Å². The van der Waals surface area contributed by atoms with E-state index in [0.29, 0.717) is 11.4 Å². The molecule has 2 heterocycles. The number of carboxylic acid groups (broad SMARTS) is 1. The van der Waals surface area contributed by atoms with Gasteiger partial charge in [-0.1, -0.05) is 5.92 Å². The van der Waals surface area contributed by atoms with Crippen molar-refractivity contribution in [3.8, 4) is 17.9 Å². The Hall–Kier alpha value is -4.05. The predicted octanol–water partition coefficient (Wildman–Crippen LogP) is 4.70. The summed E-state index contributed by atoms with van der Waals surface area (Å²) in [5.41, 5.74) is -0.326. The summed E-state index contributed by atoms with van der Waals surface area (Å²) in [6.07, 6.45) is -3.11. The largest absolute Gasteiger partial charge is 0.478 e. The number of aromatic carboxylic acids is 1. The molecule has 0 aliphatic carbocycles.